The van der Waals surface area contributed by atoms with E-state index in [0.717, 1.165) is 18.5 Å². The molecule has 2 atom stereocenters. The van der Waals surface area contributed by atoms with Crippen molar-refractivity contribution in [1.82, 2.24) is 9.78 Å². The number of aromatic nitrogens is 2. The summed E-state index contributed by atoms with van der Waals surface area (Å²) >= 11 is 0. The number of hydrogen-bond donors (Lipinski definition) is 1. The third-order valence-electron chi connectivity index (χ3n) is 4.28. The molecule has 0 amide bonds. The first kappa shape index (κ1) is 12.4. The zero-order valence-electron chi connectivity index (χ0n) is 11.6. The summed E-state index contributed by atoms with van der Waals surface area (Å²) < 4.78 is 1.99. The molecule has 1 heterocycles. The molecule has 1 aromatic carbocycles. The monoisotopic (exact) mass is 255 g/mol. The van der Waals surface area contributed by atoms with Crippen LogP contribution in [0.25, 0.3) is 0 Å². The third kappa shape index (κ3) is 2.30. The van der Waals surface area contributed by atoms with Crippen molar-refractivity contribution in [3.05, 3.63) is 52.8 Å². The number of benzene rings is 1. The van der Waals surface area contributed by atoms with Crippen LogP contribution in [0.15, 0.2) is 30.3 Å². The first-order valence-corrected chi connectivity index (χ1v) is 6.98. The first-order chi connectivity index (χ1) is 9.15. The van der Waals surface area contributed by atoms with Crippen LogP contribution in [0.4, 0.5) is 0 Å². The van der Waals surface area contributed by atoms with E-state index in [1.807, 2.05) is 18.7 Å². The average Bonchev–Trinajstić information content (AvgIpc) is 2.72. The van der Waals surface area contributed by atoms with E-state index in [1.165, 1.54) is 23.2 Å². The van der Waals surface area contributed by atoms with Crippen LogP contribution in [-0.2, 0) is 19.9 Å². The maximum atomic E-state index is 6.47. The van der Waals surface area contributed by atoms with Crippen molar-refractivity contribution in [2.24, 2.45) is 18.7 Å². The van der Waals surface area contributed by atoms with Crippen LogP contribution in [0.2, 0.25) is 0 Å². The summed E-state index contributed by atoms with van der Waals surface area (Å²) in [6.07, 6.45) is 3.33. The Bertz CT molecular complexity index is 585. The van der Waals surface area contributed by atoms with Crippen molar-refractivity contribution >= 4 is 0 Å². The summed E-state index contributed by atoms with van der Waals surface area (Å²) in [5.74, 6) is 0.518. The van der Waals surface area contributed by atoms with Crippen LogP contribution in [0.3, 0.4) is 0 Å². The predicted octanol–water partition coefficient (Wildman–Crippen LogP) is 2.53. The molecule has 0 saturated carbocycles. The minimum absolute atomic E-state index is 0.153. The molecule has 19 heavy (non-hydrogen) atoms. The molecule has 2 N–H and O–H groups in total. The van der Waals surface area contributed by atoms with E-state index < -0.39 is 0 Å². The summed E-state index contributed by atoms with van der Waals surface area (Å²) in [5.41, 5.74) is 11.6. The fourth-order valence-electron chi connectivity index (χ4n) is 3.21. The van der Waals surface area contributed by atoms with Crippen LogP contribution < -0.4 is 5.73 Å². The van der Waals surface area contributed by atoms with E-state index in [0.29, 0.717) is 5.92 Å². The minimum Gasteiger partial charge on any atom is -0.324 e. The Morgan fingerprint density at radius 3 is 2.89 bits per heavy atom. The molecule has 3 nitrogen and oxygen atoms in total. The van der Waals surface area contributed by atoms with Crippen LogP contribution in [0.1, 0.15) is 35.0 Å². The van der Waals surface area contributed by atoms with Crippen molar-refractivity contribution < 1.29 is 0 Å². The van der Waals surface area contributed by atoms with Crippen LogP contribution in [0, 0.1) is 12.8 Å². The Morgan fingerprint density at radius 2 is 2.16 bits per heavy atom. The lowest BCUT2D eigenvalue weighted by Crippen LogP contribution is -2.29. The molecule has 3 heteroatoms. The topological polar surface area (TPSA) is 43.8 Å². The molecule has 0 saturated heterocycles. The van der Waals surface area contributed by atoms with E-state index in [1.54, 1.807) is 0 Å². The predicted molar refractivity (Wildman–Crippen MR) is 76.8 cm³/mol. The molecule has 1 aliphatic rings. The number of nitrogens with zero attached hydrogens (tertiary/aromatic N) is 2. The van der Waals surface area contributed by atoms with Gasteiger partial charge in [-0.1, -0.05) is 24.3 Å². The van der Waals surface area contributed by atoms with E-state index in [2.05, 4.69) is 35.4 Å². The summed E-state index contributed by atoms with van der Waals surface area (Å²) in [7, 11) is 2.02. The zero-order chi connectivity index (χ0) is 13.4. The van der Waals surface area contributed by atoms with Gasteiger partial charge in [-0.2, -0.15) is 5.10 Å². The van der Waals surface area contributed by atoms with Gasteiger partial charge in [0.25, 0.3) is 0 Å². The second-order valence-electron chi connectivity index (χ2n) is 5.63. The van der Waals surface area contributed by atoms with Crippen molar-refractivity contribution in [2.45, 2.75) is 32.2 Å². The maximum Gasteiger partial charge on any atom is 0.0596 e. The lowest BCUT2D eigenvalue weighted by molar-refractivity contribution is 0.368. The van der Waals surface area contributed by atoms with Gasteiger partial charge in [-0.25, -0.2) is 0 Å². The molecule has 2 unspecified atom stereocenters. The van der Waals surface area contributed by atoms with Gasteiger partial charge < -0.3 is 5.73 Å². The lowest BCUT2D eigenvalue weighted by atomic mass is 9.78. The minimum atomic E-state index is 0.153. The van der Waals surface area contributed by atoms with Crippen LogP contribution >= 0.6 is 0 Å². The van der Waals surface area contributed by atoms with Crippen molar-refractivity contribution in [1.29, 1.82) is 0 Å². The Balaban J connectivity index is 1.83. The highest BCUT2D eigenvalue weighted by Crippen LogP contribution is 2.34. The number of aryl methyl sites for hydroxylation is 3. The molecular weight excluding hydrogens is 234 g/mol. The molecule has 1 aromatic heterocycles. The fourth-order valence-corrected chi connectivity index (χ4v) is 3.21. The van der Waals surface area contributed by atoms with Gasteiger partial charge in [0.1, 0.15) is 0 Å². The maximum absolute atomic E-state index is 6.47. The van der Waals surface area contributed by atoms with Crippen molar-refractivity contribution in [3.63, 3.8) is 0 Å². The summed E-state index contributed by atoms with van der Waals surface area (Å²) in [5, 5.41) is 4.42. The number of nitrogens with two attached hydrogens (primary N) is 1. The molecule has 1 aliphatic carbocycles. The van der Waals surface area contributed by atoms with Gasteiger partial charge >= 0.3 is 0 Å². The number of hydrogen-bond acceptors (Lipinski definition) is 2. The summed E-state index contributed by atoms with van der Waals surface area (Å²) in [4.78, 5) is 0. The molecule has 0 bridgehead atoms. The van der Waals surface area contributed by atoms with Gasteiger partial charge in [-0.15, -0.1) is 0 Å². The van der Waals surface area contributed by atoms with E-state index in [4.69, 9.17) is 5.73 Å². The van der Waals surface area contributed by atoms with Crippen LogP contribution in [0.5, 0.6) is 0 Å². The zero-order valence-corrected chi connectivity index (χ0v) is 11.6. The van der Waals surface area contributed by atoms with E-state index >= 15 is 0 Å². The van der Waals surface area contributed by atoms with Gasteiger partial charge in [0.2, 0.25) is 0 Å². The Kier molecular flexibility index (Phi) is 3.15. The average molecular weight is 255 g/mol. The Hall–Kier alpha value is -1.61. The quantitative estimate of drug-likeness (QED) is 0.896. The van der Waals surface area contributed by atoms with Crippen molar-refractivity contribution in [3.8, 4) is 0 Å². The highest BCUT2D eigenvalue weighted by atomic mass is 15.3. The highest BCUT2D eigenvalue weighted by Gasteiger charge is 2.27. The van der Waals surface area contributed by atoms with Crippen LogP contribution in [-0.4, -0.2) is 9.78 Å². The smallest absolute Gasteiger partial charge is 0.0596 e. The van der Waals surface area contributed by atoms with Crippen molar-refractivity contribution in [2.75, 3.05) is 0 Å². The first-order valence-electron chi connectivity index (χ1n) is 6.98. The molecule has 0 fully saturated rings. The molecule has 3 rings (SSSR count). The molecule has 0 aliphatic heterocycles. The largest absolute Gasteiger partial charge is 0.324 e. The van der Waals surface area contributed by atoms with Gasteiger partial charge in [0.05, 0.1) is 5.69 Å². The Labute approximate surface area is 114 Å². The lowest BCUT2D eigenvalue weighted by Gasteiger charge is -2.31. The molecule has 2 aromatic rings. The van der Waals surface area contributed by atoms with Gasteiger partial charge in [-0.3, -0.25) is 4.68 Å². The summed E-state index contributed by atoms with van der Waals surface area (Å²) in [6, 6.07) is 10.9. The normalized spacial score (nSPS) is 22.3. The second-order valence-corrected chi connectivity index (χ2v) is 5.63. The second kappa shape index (κ2) is 4.82. The van der Waals surface area contributed by atoms with Gasteiger partial charge in [-0.05, 0) is 49.3 Å². The van der Waals surface area contributed by atoms with Gasteiger partial charge in [0.15, 0.2) is 0 Å². The third-order valence-corrected chi connectivity index (χ3v) is 4.28. The fraction of sp³-hybridized carbons (Fsp3) is 0.438. The molecule has 100 valence electrons. The standard InChI is InChI=1S/C16H21N3/c1-11-9-14(19(2)18-11)10-13-8-7-12-5-3-4-6-15(12)16(13)17/h3-6,9,13,16H,7-8,10,17H2,1-2H3. The van der Waals surface area contributed by atoms with E-state index in [-0.39, 0.29) is 6.04 Å². The molecular formula is C16H21N3. The summed E-state index contributed by atoms with van der Waals surface area (Å²) in [6.45, 7) is 2.04. The van der Waals surface area contributed by atoms with E-state index in [9.17, 15) is 0 Å². The molecule has 0 radical (unpaired) electrons. The molecule has 0 spiro atoms. The highest BCUT2D eigenvalue weighted by molar-refractivity contribution is 5.33. The Morgan fingerprint density at radius 1 is 1.37 bits per heavy atom. The van der Waals surface area contributed by atoms with Gasteiger partial charge in [0, 0.05) is 18.8 Å². The number of rotatable bonds is 2. The SMILES string of the molecule is Cc1cc(CC2CCc3ccccc3C2N)n(C)n1. The number of fused-ring (bicyclic) bond motifs is 1.